The molecule has 0 saturated carbocycles. The van der Waals surface area contributed by atoms with Crippen molar-refractivity contribution in [2.45, 2.75) is 33.1 Å². The summed E-state index contributed by atoms with van der Waals surface area (Å²) >= 11 is 0. The van der Waals surface area contributed by atoms with Gasteiger partial charge >= 0.3 is 5.97 Å². The molecule has 4 aromatic rings. The SMILES string of the molecule is Cc1ccc(-c2nc(CCOc3cccc4c(CCC(=O)O)cccc34)c(C)o2)cc1. The number of carbonyl (C=O) groups is 1. The van der Waals surface area contributed by atoms with Crippen LogP contribution in [0.5, 0.6) is 5.75 Å². The van der Waals surface area contributed by atoms with Gasteiger partial charge in [0.15, 0.2) is 0 Å². The first-order chi connectivity index (χ1) is 15.0. The van der Waals surface area contributed by atoms with E-state index < -0.39 is 5.97 Å². The highest BCUT2D eigenvalue weighted by atomic mass is 16.5. The van der Waals surface area contributed by atoms with Crippen LogP contribution in [0.4, 0.5) is 0 Å². The van der Waals surface area contributed by atoms with Crippen molar-refractivity contribution < 1.29 is 19.1 Å². The predicted molar refractivity (Wildman–Crippen MR) is 121 cm³/mol. The maximum absolute atomic E-state index is 10.9. The lowest BCUT2D eigenvalue weighted by atomic mass is 10.0. The van der Waals surface area contributed by atoms with E-state index in [0.717, 1.165) is 39.1 Å². The predicted octanol–water partition coefficient (Wildman–Crippen LogP) is 5.75. The topological polar surface area (TPSA) is 72.6 Å². The minimum absolute atomic E-state index is 0.110. The summed E-state index contributed by atoms with van der Waals surface area (Å²) in [5.41, 5.74) is 4.06. The maximum atomic E-state index is 10.9. The van der Waals surface area contributed by atoms with E-state index in [9.17, 15) is 4.79 Å². The van der Waals surface area contributed by atoms with Crippen molar-refractivity contribution in [1.29, 1.82) is 0 Å². The lowest BCUT2D eigenvalue weighted by Gasteiger charge is -2.11. The molecule has 0 atom stereocenters. The van der Waals surface area contributed by atoms with Crippen LogP contribution in [0.25, 0.3) is 22.2 Å². The Balaban J connectivity index is 1.47. The summed E-state index contributed by atoms with van der Waals surface area (Å²) in [7, 11) is 0. The maximum Gasteiger partial charge on any atom is 0.303 e. The fourth-order valence-corrected chi connectivity index (χ4v) is 3.67. The Bertz CT molecular complexity index is 1210. The molecule has 1 heterocycles. The van der Waals surface area contributed by atoms with Crippen LogP contribution < -0.4 is 4.74 Å². The highest BCUT2D eigenvalue weighted by Gasteiger charge is 2.12. The summed E-state index contributed by atoms with van der Waals surface area (Å²) in [4.78, 5) is 15.6. The Morgan fingerprint density at radius 1 is 0.968 bits per heavy atom. The molecule has 3 aromatic carbocycles. The fourth-order valence-electron chi connectivity index (χ4n) is 3.67. The second kappa shape index (κ2) is 9.04. The molecule has 0 aliphatic heterocycles. The van der Waals surface area contributed by atoms with Crippen LogP contribution in [0.3, 0.4) is 0 Å². The van der Waals surface area contributed by atoms with Gasteiger partial charge in [-0.2, -0.15) is 0 Å². The Morgan fingerprint density at radius 2 is 1.71 bits per heavy atom. The van der Waals surface area contributed by atoms with Crippen LogP contribution in [0.2, 0.25) is 0 Å². The van der Waals surface area contributed by atoms with E-state index in [1.807, 2.05) is 67.6 Å². The number of aliphatic carboxylic acids is 1. The first-order valence-corrected chi connectivity index (χ1v) is 10.4. The van der Waals surface area contributed by atoms with Gasteiger partial charge in [-0.25, -0.2) is 4.98 Å². The summed E-state index contributed by atoms with van der Waals surface area (Å²) in [6, 6.07) is 19.9. The van der Waals surface area contributed by atoms with Gasteiger partial charge in [-0.05, 0) is 49.4 Å². The minimum atomic E-state index is -0.794. The molecule has 4 rings (SSSR count). The van der Waals surface area contributed by atoms with Crippen LogP contribution in [0.1, 0.15) is 29.0 Å². The van der Waals surface area contributed by atoms with E-state index in [2.05, 4.69) is 11.9 Å². The zero-order chi connectivity index (χ0) is 21.8. The van der Waals surface area contributed by atoms with Gasteiger partial charge < -0.3 is 14.3 Å². The van der Waals surface area contributed by atoms with Gasteiger partial charge in [-0.3, -0.25) is 4.79 Å². The number of aromatic nitrogens is 1. The summed E-state index contributed by atoms with van der Waals surface area (Å²) in [6.45, 7) is 4.45. The van der Waals surface area contributed by atoms with E-state index in [1.54, 1.807) is 0 Å². The lowest BCUT2D eigenvalue weighted by Crippen LogP contribution is -2.03. The second-order valence-electron chi connectivity index (χ2n) is 7.65. The van der Waals surface area contributed by atoms with Crippen molar-refractivity contribution >= 4 is 16.7 Å². The van der Waals surface area contributed by atoms with Crippen molar-refractivity contribution in [3.8, 4) is 17.2 Å². The Hall–Kier alpha value is -3.60. The molecule has 0 radical (unpaired) electrons. The number of oxazole rings is 1. The van der Waals surface area contributed by atoms with Crippen LogP contribution in [-0.2, 0) is 17.6 Å². The minimum Gasteiger partial charge on any atom is -0.493 e. The summed E-state index contributed by atoms with van der Waals surface area (Å²) in [5.74, 6) is 1.42. The van der Waals surface area contributed by atoms with Crippen molar-refractivity contribution in [2.24, 2.45) is 0 Å². The van der Waals surface area contributed by atoms with Gasteiger partial charge in [0, 0.05) is 23.8 Å². The quantitative estimate of drug-likeness (QED) is 0.397. The van der Waals surface area contributed by atoms with Crippen LogP contribution in [-0.4, -0.2) is 22.7 Å². The summed E-state index contributed by atoms with van der Waals surface area (Å²) in [6.07, 6.45) is 1.24. The van der Waals surface area contributed by atoms with Gasteiger partial charge in [0.05, 0.1) is 12.3 Å². The number of rotatable bonds is 8. The molecular formula is C26H25NO4. The van der Waals surface area contributed by atoms with E-state index in [4.69, 9.17) is 14.3 Å². The second-order valence-corrected chi connectivity index (χ2v) is 7.65. The molecule has 0 unspecified atom stereocenters. The highest BCUT2D eigenvalue weighted by Crippen LogP contribution is 2.29. The third-order valence-corrected chi connectivity index (χ3v) is 5.37. The number of benzene rings is 3. The summed E-state index contributed by atoms with van der Waals surface area (Å²) in [5, 5.41) is 11.0. The first kappa shape index (κ1) is 20.7. The molecule has 0 aliphatic carbocycles. The smallest absolute Gasteiger partial charge is 0.303 e. The van der Waals surface area contributed by atoms with Crippen LogP contribution in [0.15, 0.2) is 65.1 Å². The van der Waals surface area contributed by atoms with Crippen molar-refractivity contribution in [1.82, 2.24) is 4.98 Å². The molecular weight excluding hydrogens is 390 g/mol. The molecule has 31 heavy (non-hydrogen) atoms. The third kappa shape index (κ3) is 4.77. The molecule has 0 bridgehead atoms. The van der Waals surface area contributed by atoms with Gasteiger partial charge in [-0.1, -0.05) is 48.0 Å². The number of ether oxygens (including phenoxy) is 1. The third-order valence-electron chi connectivity index (χ3n) is 5.37. The molecule has 0 aliphatic rings. The van der Waals surface area contributed by atoms with Crippen LogP contribution >= 0.6 is 0 Å². The number of carboxylic acids is 1. The number of nitrogens with zero attached hydrogens (tertiary/aromatic N) is 1. The normalized spacial score (nSPS) is 11.0. The zero-order valence-corrected chi connectivity index (χ0v) is 17.7. The van der Waals surface area contributed by atoms with Gasteiger partial charge in [0.25, 0.3) is 0 Å². The number of hydrogen-bond acceptors (Lipinski definition) is 4. The Morgan fingerprint density at radius 3 is 2.48 bits per heavy atom. The Labute approximate surface area is 181 Å². The number of aryl methyl sites for hydroxylation is 3. The Kier molecular flexibility index (Phi) is 6.03. The lowest BCUT2D eigenvalue weighted by molar-refractivity contribution is -0.136. The van der Waals surface area contributed by atoms with E-state index in [-0.39, 0.29) is 6.42 Å². The van der Waals surface area contributed by atoms with Gasteiger partial charge in [-0.15, -0.1) is 0 Å². The number of carboxylic acid groups (broad SMARTS) is 1. The van der Waals surface area contributed by atoms with Gasteiger partial charge in [0.1, 0.15) is 11.5 Å². The monoisotopic (exact) mass is 415 g/mol. The summed E-state index contributed by atoms with van der Waals surface area (Å²) < 4.78 is 12.0. The van der Waals surface area contributed by atoms with E-state index >= 15 is 0 Å². The van der Waals surface area contributed by atoms with Crippen molar-refractivity contribution in [2.75, 3.05) is 6.61 Å². The molecule has 0 saturated heterocycles. The van der Waals surface area contributed by atoms with E-state index in [0.29, 0.717) is 25.3 Å². The average molecular weight is 415 g/mol. The number of hydrogen-bond donors (Lipinski definition) is 1. The van der Waals surface area contributed by atoms with Crippen LogP contribution in [0, 0.1) is 13.8 Å². The van der Waals surface area contributed by atoms with Gasteiger partial charge in [0.2, 0.25) is 5.89 Å². The molecule has 0 amide bonds. The fraction of sp³-hybridized carbons (Fsp3) is 0.231. The molecule has 1 N–H and O–H groups in total. The zero-order valence-electron chi connectivity index (χ0n) is 17.7. The van der Waals surface area contributed by atoms with E-state index in [1.165, 1.54) is 5.56 Å². The largest absolute Gasteiger partial charge is 0.493 e. The molecule has 0 fully saturated rings. The molecule has 5 heteroatoms. The van der Waals surface area contributed by atoms with Crippen molar-refractivity contribution in [3.05, 3.63) is 83.2 Å². The molecule has 5 nitrogen and oxygen atoms in total. The molecule has 0 spiro atoms. The molecule has 1 aromatic heterocycles. The highest BCUT2D eigenvalue weighted by molar-refractivity contribution is 5.91. The average Bonchev–Trinajstić information content (AvgIpc) is 3.13. The number of fused-ring (bicyclic) bond motifs is 1. The molecule has 158 valence electrons. The first-order valence-electron chi connectivity index (χ1n) is 10.4. The standard InChI is InChI=1S/C26H25NO4/c1-17-9-11-20(12-10-17)26-27-23(18(2)31-26)15-16-30-24-8-4-6-21-19(13-14-25(28)29)5-3-7-22(21)24/h3-12H,13-16H2,1-2H3,(H,28,29). The van der Waals surface area contributed by atoms with Crippen molar-refractivity contribution in [3.63, 3.8) is 0 Å².